The minimum absolute atomic E-state index is 0.261. The zero-order valence-corrected chi connectivity index (χ0v) is 18.1. The number of fused-ring (bicyclic) bond motifs is 2. The Hall–Kier alpha value is -2.93. The molecule has 1 saturated carbocycles. The highest BCUT2D eigenvalue weighted by atomic mass is 79.9. The standard InChI is InChI=1S/C23H23BrN6/c1-13-15(4-2-14-3-5-16-11-18(24)22(26)29-19(16)10-14)6-7-20(13)30-9-8-17-21(25)27-12-28-23(17)30/h3,5,8-12,15,20H,1-2,4,6-7H2,(H2,26,29)(H2,25,27,28). The third-order valence-corrected chi connectivity index (χ3v) is 6.90. The van der Waals surface area contributed by atoms with Gasteiger partial charge in [0.15, 0.2) is 0 Å². The van der Waals surface area contributed by atoms with Gasteiger partial charge in [0, 0.05) is 11.6 Å². The maximum absolute atomic E-state index is 6.00. The van der Waals surface area contributed by atoms with Gasteiger partial charge in [-0.3, -0.25) is 0 Å². The number of hydrogen-bond acceptors (Lipinski definition) is 5. The third-order valence-electron chi connectivity index (χ3n) is 6.26. The second-order valence-electron chi connectivity index (χ2n) is 8.01. The minimum atomic E-state index is 0.261. The van der Waals surface area contributed by atoms with E-state index in [1.165, 1.54) is 17.5 Å². The van der Waals surface area contributed by atoms with Crippen LogP contribution in [-0.4, -0.2) is 19.5 Å². The zero-order chi connectivity index (χ0) is 20.8. The summed E-state index contributed by atoms with van der Waals surface area (Å²) in [6.07, 6.45) is 7.86. The molecule has 0 spiro atoms. The highest BCUT2D eigenvalue weighted by Crippen LogP contribution is 2.42. The number of aromatic nitrogens is 4. The van der Waals surface area contributed by atoms with Gasteiger partial charge in [-0.05, 0) is 71.3 Å². The van der Waals surface area contributed by atoms with Crippen molar-refractivity contribution in [1.82, 2.24) is 19.5 Å². The molecule has 4 aromatic rings. The predicted octanol–water partition coefficient (Wildman–Crippen LogP) is 5.05. The molecule has 0 radical (unpaired) electrons. The first-order valence-electron chi connectivity index (χ1n) is 10.1. The molecule has 2 atom stereocenters. The van der Waals surface area contributed by atoms with Crippen LogP contribution in [-0.2, 0) is 6.42 Å². The number of nitrogens with two attached hydrogens (primary N) is 2. The molecule has 0 aliphatic heterocycles. The molecule has 4 N–H and O–H groups in total. The van der Waals surface area contributed by atoms with Crippen LogP contribution in [0, 0.1) is 5.92 Å². The number of allylic oxidation sites excluding steroid dienone is 1. The molecule has 1 aliphatic rings. The van der Waals surface area contributed by atoms with Gasteiger partial charge in [0.1, 0.15) is 23.6 Å². The highest BCUT2D eigenvalue weighted by Gasteiger charge is 2.30. The number of aryl methyl sites for hydroxylation is 1. The summed E-state index contributed by atoms with van der Waals surface area (Å²) in [5, 5.41) is 1.99. The summed E-state index contributed by atoms with van der Waals surface area (Å²) in [7, 11) is 0. The summed E-state index contributed by atoms with van der Waals surface area (Å²) in [5.74, 6) is 1.54. The zero-order valence-electron chi connectivity index (χ0n) is 16.6. The van der Waals surface area contributed by atoms with Gasteiger partial charge in [-0.1, -0.05) is 24.3 Å². The number of benzene rings is 1. The second-order valence-corrected chi connectivity index (χ2v) is 8.86. The molecule has 152 valence electrons. The summed E-state index contributed by atoms with van der Waals surface area (Å²) in [6.45, 7) is 4.46. The number of pyridine rings is 1. The van der Waals surface area contributed by atoms with Gasteiger partial charge in [-0.2, -0.15) is 0 Å². The molecule has 2 unspecified atom stereocenters. The Morgan fingerprint density at radius 1 is 1.10 bits per heavy atom. The maximum atomic E-state index is 6.00. The van der Waals surface area contributed by atoms with Gasteiger partial charge in [0.25, 0.3) is 0 Å². The normalized spacial score (nSPS) is 19.2. The molecule has 0 bridgehead atoms. The van der Waals surface area contributed by atoms with E-state index in [2.05, 4.69) is 66.4 Å². The lowest BCUT2D eigenvalue weighted by Crippen LogP contribution is -2.09. The fourth-order valence-corrected chi connectivity index (χ4v) is 4.92. The van der Waals surface area contributed by atoms with Crippen molar-refractivity contribution < 1.29 is 0 Å². The Morgan fingerprint density at radius 2 is 1.97 bits per heavy atom. The Kier molecular flexibility index (Phi) is 4.70. The molecule has 7 heteroatoms. The Labute approximate surface area is 183 Å². The van der Waals surface area contributed by atoms with E-state index in [0.29, 0.717) is 17.6 Å². The smallest absolute Gasteiger partial charge is 0.146 e. The summed E-state index contributed by atoms with van der Waals surface area (Å²) in [4.78, 5) is 13.0. The quantitative estimate of drug-likeness (QED) is 0.413. The van der Waals surface area contributed by atoms with Crippen molar-refractivity contribution in [3.05, 3.63) is 65.0 Å². The molecule has 1 aliphatic carbocycles. The van der Waals surface area contributed by atoms with E-state index in [9.17, 15) is 0 Å². The topological polar surface area (TPSA) is 95.6 Å². The van der Waals surface area contributed by atoms with Crippen LogP contribution in [0.15, 0.2) is 59.5 Å². The summed E-state index contributed by atoms with van der Waals surface area (Å²) >= 11 is 3.44. The average molecular weight is 463 g/mol. The van der Waals surface area contributed by atoms with E-state index in [1.807, 2.05) is 12.1 Å². The number of rotatable bonds is 4. The molecular formula is C23H23BrN6. The van der Waals surface area contributed by atoms with Crippen molar-refractivity contribution >= 4 is 49.5 Å². The van der Waals surface area contributed by atoms with Crippen LogP contribution in [0.25, 0.3) is 21.9 Å². The summed E-state index contributed by atoms with van der Waals surface area (Å²) in [6, 6.07) is 10.7. The Balaban J connectivity index is 1.32. The van der Waals surface area contributed by atoms with E-state index in [0.717, 1.165) is 52.1 Å². The van der Waals surface area contributed by atoms with Crippen LogP contribution in [0.4, 0.5) is 11.6 Å². The summed E-state index contributed by atoms with van der Waals surface area (Å²) in [5.41, 5.74) is 16.3. The van der Waals surface area contributed by atoms with E-state index in [-0.39, 0.29) is 6.04 Å². The monoisotopic (exact) mass is 462 g/mol. The number of halogens is 1. The molecule has 6 nitrogen and oxygen atoms in total. The maximum Gasteiger partial charge on any atom is 0.146 e. The van der Waals surface area contributed by atoms with Crippen molar-refractivity contribution in [3.63, 3.8) is 0 Å². The number of anilines is 2. The summed E-state index contributed by atoms with van der Waals surface area (Å²) < 4.78 is 3.04. The first-order valence-corrected chi connectivity index (χ1v) is 10.9. The van der Waals surface area contributed by atoms with Crippen molar-refractivity contribution in [2.24, 2.45) is 5.92 Å². The lowest BCUT2D eigenvalue weighted by atomic mass is 9.94. The van der Waals surface area contributed by atoms with Crippen molar-refractivity contribution in [3.8, 4) is 0 Å². The van der Waals surface area contributed by atoms with Gasteiger partial charge >= 0.3 is 0 Å². The molecule has 1 fully saturated rings. The molecule has 3 aromatic heterocycles. The number of nitrogens with zero attached hydrogens (tertiary/aromatic N) is 4. The lowest BCUT2D eigenvalue weighted by molar-refractivity contribution is 0.573. The van der Waals surface area contributed by atoms with Gasteiger partial charge in [0.2, 0.25) is 0 Å². The van der Waals surface area contributed by atoms with Crippen molar-refractivity contribution in [2.45, 2.75) is 31.7 Å². The van der Waals surface area contributed by atoms with Gasteiger partial charge in [0.05, 0.1) is 21.4 Å². The van der Waals surface area contributed by atoms with E-state index >= 15 is 0 Å². The van der Waals surface area contributed by atoms with Crippen molar-refractivity contribution in [2.75, 3.05) is 11.5 Å². The van der Waals surface area contributed by atoms with Crippen LogP contribution in [0.5, 0.6) is 0 Å². The molecule has 0 saturated heterocycles. The predicted molar refractivity (Wildman–Crippen MR) is 125 cm³/mol. The van der Waals surface area contributed by atoms with Crippen molar-refractivity contribution in [1.29, 1.82) is 0 Å². The van der Waals surface area contributed by atoms with Gasteiger partial charge < -0.3 is 16.0 Å². The fraction of sp³-hybridized carbons (Fsp3) is 0.261. The molecule has 3 heterocycles. The molecule has 1 aromatic carbocycles. The lowest BCUT2D eigenvalue weighted by Gasteiger charge is -2.18. The molecule has 0 amide bonds. The second kappa shape index (κ2) is 7.40. The van der Waals surface area contributed by atoms with E-state index in [4.69, 9.17) is 11.5 Å². The Morgan fingerprint density at radius 3 is 2.83 bits per heavy atom. The van der Waals surface area contributed by atoms with Crippen LogP contribution >= 0.6 is 15.9 Å². The number of nitrogen functional groups attached to an aromatic ring is 2. The molecular weight excluding hydrogens is 440 g/mol. The largest absolute Gasteiger partial charge is 0.383 e. The van der Waals surface area contributed by atoms with E-state index in [1.54, 1.807) is 0 Å². The fourth-order valence-electron chi connectivity index (χ4n) is 4.59. The van der Waals surface area contributed by atoms with E-state index < -0.39 is 0 Å². The SMILES string of the molecule is C=C1C(CCc2ccc3cc(Br)c(N)nc3c2)CCC1n1ccc2c(N)ncnc21. The number of hydrogen-bond donors (Lipinski definition) is 2. The van der Waals surface area contributed by atoms with Crippen LogP contribution < -0.4 is 11.5 Å². The highest BCUT2D eigenvalue weighted by molar-refractivity contribution is 9.10. The van der Waals surface area contributed by atoms with Crippen LogP contribution in [0.3, 0.4) is 0 Å². The third kappa shape index (κ3) is 3.23. The first kappa shape index (κ1) is 19.1. The first-order chi connectivity index (χ1) is 14.5. The van der Waals surface area contributed by atoms with Gasteiger partial charge in [-0.15, -0.1) is 0 Å². The molecule has 5 rings (SSSR count). The minimum Gasteiger partial charge on any atom is -0.383 e. The molecule has 30 heavy (non-hydrogen) atoms. The average Bonchev–Trinajstić information content (AvgIpc) is 3.31. The Bertz CT molecular complexity index is 1280. The van der Waals surface area contributed by atoms with Crippen LogP contribution in [0.2, 0.25) is 0 Å². The van der Waals surface area contributed by atoms with Gasteiger partial charge in [-0.25, -0.2) is 15.0 Å². The van der Waals surface area contributed by atoms with Crippen LogP contribution in [0.1, 0.15) is 30.9 Å².